The molecule has 0 aromatic heterocycles. The second-order valence-corrected chi connectivity index (χ2v) is 45.6. The van der Waals surface area contributed by atoms with E-state index in [0.717, 1.165) is 104 Å². The molecule has 0 radical (unpaired) electrons. The summed E-state index contributed by atoms with van der Waals surface area (Å²) in [7, 11) is 0. The van der Waals surface area contributed by atoms with E-state index in [1.807, 2.05) is 129 Å². The molecule has 16 aromatic rings. The second-order valence-electron chi connectivity index (χ2n) is 44.1. The third-order valence-electron chi connectivity index (χ3n) is 31.1. The first kappa shape index (κ1) is 100. The number of carbonyl (C=O) groups is 4. The van der Waals surface area contributed by atoms with Crippen molar-refractivity contribution in [2.45, 2.75) is 222 Å². The van der Waals surface area contributed by atoms with Gasteiger partial charge in [0.1, 0.15) is 0 Å². The number of carbonyl (C=O) groups excluding carboxylic acids is 4. The Kier molecular flexibility index (Phi) is 28.4. The van der Waals surface area contributed by atoms with Crippen molar-refractivity contribution in [1.29, 1.82) is 0 Å². The molecule has 16 aromatic carbocycles. The van der Waals surface area contributed by atoms with E-state index in [2.05, 4.69) is 363 Å². The molecule has 0 saturated carbocycles. The Hall–Kier alpha value is -13.2. The van der Waals surface area contributed by atoms with Crippen LogP contribution in [-0.2, 0) is 0 Å². The Labute approximate surface area is 873 Å². The second kappa shape index (κ2) is 41.0. The number of rotatable bonds is 13. The molecule has 7 aliphatic rings. The molecule has 7 aliphatic heterocycles. The summed E-state index contributed by atoms with van der Waals surface area (Å²) in [6.45, 7) is 52.9. The zero-order valence-electron chi connectivity index (χ0n) is 88.5. The maximum Gasteiger partial charge on any atom is 0.247 e. The summed E-state index contributed by atoms with van der Waals surface area (Å²) in [6.07, 6.45) is 0. The normalized spacial score (nSPS) is 13.4. The predicted molar refractivity (Wildman–Crippen MR) is 627 cm³/mol. The van der Waals surface area contributed by atoms with Crippen molar-refractivity contribution in [2.24, 2.45) is 0 Å². The van der Waals surface area contributed by atoms with Crippen LogP contribution in [0.5, 0.6) is 0 Å². The summed E-state index contributed by atoms with van der Waals surface area (Å²) in [5.74, 6) is 4.55. The summed E-state index contributed by atoms with van der Waals surface area (Å²) >= 11 is 7.72. The van der Waals surface area contributed by atoms with Crippen molar-refractivity contribution < 1.29 is 19.2 Å². The van der Waals surface area contributed by atoms with Crippen molar-refractivity contribution in [3.8, 4) is 0 Å². The molecular weight excluding hydrogens is 1790 g/mol. The van der Waals surface area contributed by atoms with E-state index in [0.29, 0.717) is 71.1 Å². The summed E-state index contributed by atoms with van der Waals surface area (Å²) in [6, 6.07) is 112. The number of hydrogen-bond donors (Lipinski definition) is 0. The Bertz CT molecular complexity index is 7470. The highest BCUT2D eigenvalue weighted by molar-refractivity contribution is 8.00. The lowest BCUT2D eigenvalue weighted by atomic mass is 9.30. The van der Waals surface area contributed by atoms with Gasteiger partial charge in [0.25, 0.3) is 0 Å². The summed E-state index contributed by atoms with van der Waals surface area (Å²) in [5.41, 5.74) is 49.8. The van der Waals surface area contributed by atoms with Crippen LogP contribution >= 0.6 is 24.0 Å². The average Bonchev–Trinajstić information content (AvgIpc) is 0.711. The monoisotopic (exact) mass is 1920 g/mol. The van der Waals surface area contributed by atoms with Gasteiger partial charge in [0.05, 0.1) is 4.86 Å². The zero-order chi connectivity index (χ0) is 102. The first-order valence-electron chi connectivity index (χ1n) is 52.6. The highest BCUT2D eigenvalue weighted by Crippen LogP contribution is 2.41. The highest BCUT2D eigenvalue weighted by atomic mass is 32.2. The van der Waals surface area contributed by atoms with Crippen LogP contribution in [0.4, 0.5) is 17.1 Å². The number of thiocarbonyl (C=S) groups is 1. The van der Waals surface area contributed by atoms with E-state index in [1.165, 1.54) is 126 Å². The molecule has 0 bridgehead atoms. The van der Waals surface area contributed by atoms with Gasteiger partial charge in [0, 0.05) is 71.4 Å². The molecule has 0 aliphatic carbocycles. The summed E-state index contributed by atoms with van der Waals surface area (Å²) in [5, 5.41) is 0. The van der Waals surface area contributed by atoms with Gasteiger partial charge in [-0.25, -0.2) is 0 Å². The quantitative estimate of drug-likeness (QED) is 0.0841. The summed E-state index contributed by atoms with van der Waals surface area (Å²) in [4.78, 5) is 58.6. The number of anilines is 3. The molecule has 23 rings (SSSR count). The minimum Gasteiger partial charge on any atom is -0.312 e. The first-order valence-corrected chi connectivity index (χ1v) is 53.8. The highest BCUT2D eigenvalue weighted by Gasteiger charge is 2.47. The number of hydrogen-bond acceptors (Lipinski definition) is 7. The number of nitrogens with zero attached hydrogens (tertiary/aromatic N) is 1. The van der Waals surface area contributed by atoms with Crippen molar-refractivity contribution >= 4 is 185 Å². The molecule has 0 fully saturated rings. The predicted octanol–water partition coefficient (Wildman–Crippen LogP) is 23.2. The van der Waals surface area contributed by atoms with E-state index >= 15 is 0 Å². The van der Waals surface area contributed by atoms with Gasteiger partial charge in [-0.05, 0) is 248 Å². The maximum atomic E-state index is 13.4. The number of fused-ring (bicyclic) bond motifs is 14. The van der Waals surface area contributed by atoms with Crippen LogP contribution < -0.4 is 86.8 Å². The van der Waals surface area contributed by atoms with Crippen LogP contribution in [0.3, 0.4) is 0 Å². The molecule has 0 amide bonds. The van der Waals surface area contributed by atoms with Gasteiger partial charge in [-0.2, -0.15) is 0 Å². The number of benzene rings is 16. The first-order chi connectivity index (χ1) is 69.6. The van der Waals surface area contributed by atoms with Gasteiger partial charge >= 0.3 is 0 Å². The fourth-order valence-corrected chi connectivity index (χ4v) is 25.5. The minimum absolute atomic E-state index is 0.0222. The lowest BCUT2D eigenvalue weighted by Crippen LogP contribution is -2.63. The largest absolute Gasteiger partial charge is 0.312 e. The lowest BCUT2D eigenvalue weighted by molar-refractivity contribution is 0.102. The third kappa shape index (κ3) is 18.5. The number of para-hydroxylation sites is 2. The third-order valence-corrected chi connectivity index (χ3v) is 32.7. The lowest BCUT2D eigenvalue weighted by Gasteiger charge is -2.39. The zero-order valence-corrected chi connectivity index (χ0v) is 90.1. The van der Waals surface area contributed by atoms with Gasteiger partial charge < -0.3 is 4.90 Å². The smallest absolute Gasteiger partial charge is 0.247 e. The van der Waals surface area contributed by atoms with Gasteiger partial charge in [-0.3, -0.25) is 19.2 Å². The number of ketones is 4. The summed E-state index contributed by atoms with van der Waals surface area (Å²) < 4.78 is 0. The fourth-order valence-electron chi connectivity index (χ4n) is 23.9. The molecule has 5 nitrogen and oxygen atoms in total. The minimum atomic E-state index is -0.0431. The van der Waals surface area contributed by atoms with Crippen LogP contribution in [0.15, 0.2) is 325 Å². The molecule has 0 saturated heterocycles. The molecule has 0 unspecified atom stereocenters. The average molecular weight is 1920 g/mol. The van der Waals surface area contributed by atoms with Gasteiger partial charge in [0.15, 0.2) is 23.1 Å². The van der Waals surface area contributed by atoms with E-state index in [-0.39, 0.29) is 50.0 Å². The molecular formula is C133H130B5NO4S2. The fraction of sp³-hybridized carbons (Fsp3) is 0.241. The molecule has 7 heterocycles. The van der Waals surface area contributed by atoms with Gasteiger partial charge in [0.2, 0.25) is 33.6 Å². The van der Waals surface area contributed by atoms with Crippen LogP contribution in [0, 0.1) is 34.6 Å². The van der Waals surface area contributed by atoms with Crippen LogP contribution in [0.2, 0.25) is 0 Å². The Morgan fingerprint density at radius 3 is 0.890 bits per heavy atom. The van der Waals surface area contributed by atoms with E-state index in [1.54, 1.807) is 5.46 Å². The van der Waals surface area contributed by atoms with Crippen LogP contribution in [0.1, 0.15) is 331 Å². The van der Waals surface area contributed by atoms with Crippen LogP contribution in [-0.4, -0.2) is 61.6 Å². The van der Waals surface area contributed by atoms with Crippen molar-refractivity contribution in [3.05, 3.63) is 449 Å². The Morgan fingerprint density at radius 2 is 0.483 bits per heavy atom. The molecule has 145 heavy (non-hydrogen) atoms. The standard InChI is InChI=1S/C34H38BN.C29H33BO.C28H33BS.C21H13BO2.C21H13BOS/c1-22(2)26-20-28(23(3)4)34(29(21-26)24(5)6)35-30-15-11-12-16-32(30)36(27-13-9-8-10-14-27)33-19-25(7)17-18-31(33)35;1-17(2)21-15-23(18(3)4)28(24(16-21)19(5)6)30-26-11-9-8-10-22(26)29(31)25-14-20(7)12-13-27(25)30;1-17(2)21-15-22(18(3)4)28(23(16-21)19(5)6)29-24-10-8-9-11-26(24)30-27-14-20(7)12-13-25(27)29;2*1-12-10-15-19-16(11-12)21(24)14-7-3-5-9-18(14)22(19)17-8-4-2-6-13(17)20(15)23/h8-24H,1-7H3;8-19H,1-7H3;8-19H,1-7H3;2*2-11H,1H3. The number of aryl methyl sites for hydroxylation is 5. The van der Waals surface area contributed by atoms with Gasteiger partial charge in [-0.1, -0.05) is 475 Å². The molecule has 718 valence electrons. The Balaban J connectivity index is 0.000000115. The topological polar surface area (TPSA) is 71.5 Å². The molecule has 0 atom stereocenters. The van der Waals surface area contributed by atoms with Crippen molar-refractivity contribution in [3.63, 3.8) is 0 Å². The van der Waals surface area contributed by atoms with Gasteiger partial charge in [-0.15, -0.1) is 0 Å². The molecule has 0 N–H and O–H groups in total. The Morgan fingerprint density at radius 1 is 0.214 bits per heavy atom. The van der Waals surface area contributed by atoms with Crippen LogP contribution in [0.25, 0.3) is 0 Å². The SMILES string of the molecule is Cc1cc2c3c(c1)C(=O)c1ccccc1B3c1ccccc1C2=O.Cc1cc2c3c(c1)C(=S)c1ccccc1B3c1ccccc1C2=O.Cc1ccc2c(c1)C(=O)c1ccccc1B2c1c(C(C)C)cc(C(C)C)cc1C(C)C.Cc1ccc2c(c1)N(c1ccccc1)c1ccccc1B2c1c(C(C)C)cc(C(C)C)cc1C(C)C.Cc1ccc2c(c1)Sc1ccccc1B2c1c(C(C)C)cc(C(C)C)cc1C(C)C. The molecule has 0 spiro atoms. The van der Waals surface area contributed by atoms with Crippen molar-refractivity contribution in [1.82, 2.24) is 0 Å². The maximum absolute atomic E-state index is 13.4. The van der Waals surface area contributed by atoms with Crippen molar-refractivity contribution in [2.75, 3.05) is 4.90 Å². The van der Waals surface area contributed by atoms with E-state index < -0.39 is 0 Å². The van der Waals surface area contributed by atoms with E-state index in [9.17, 15) is 19.2 Å². The van der Waals surface area contributed by atoms with E-state index in [4.69, 9.17) is 12.2 Å². The molecule has 12 heteroatoms.